The molecule has 9 rings (SSSR count). The largest absolute Gasteiger partial charge is 0.507 e. The molecule has 19 heteroatoms. The van der Waals surface area contributed by atoms with E-state index in [-0.39, 0.29) is 36.6 Å². The van der Waals surface area contributed by atoms with E-state index in [1.165, 1.54) is 23.5 Å². The molecule has 3 atom stereocenters. The smallest absolute Gasteiger partial charge is 0.391 e. The number of pyridine rings is 2. The zero-order valence-electron chi connectivity index (χ0n) is 41.9. The molecule has 1 aliphatic rings. The van der Waals surface area contributed by atoms with Crippen molar-refractivity contribution >= 4 is 58.0 Å². The minimum Gasteiger partial charge on any atom is -0.507 e. The zero-order valence-corrected chi connectivity index (χ0v) is 44.3. The fraction of sp³-hybridized carbons (Fsp3) is 0.232. The van der Waals surface area contributed by atoms with E-state index in [1.54, 1.807) is 42.5 Å². The summed E-state index contributed by atoms with van der Waals surface area (Å²) >= 11 is 7.27. The van der Waals surface area contributed by atoms with Gasteiger partial charge in [-0.3, -0.25) is 9.36 Å². The normalized spacial score (nSPS) is 13.2. The van der Waals surface area contributed by atoms with Crippen LogP contribution in [0.3, 0.4) is 0 Å². The van der Waals surface area contributed by atoms with Crippen molar-refractivity contribution in [3.8, 4) is 62.8 Å². The van der Waals surface area contributed by atoms with Crippen LogP contribution < -0.4 is 26.3 Å². The summed E-state index contributed by atoms with van der Waals surface area (Å²) in [6.07, 6.45) is 2.57. The highest BCUT2D eigenvalue weighted by atomic mass is 35.5. The molecule has 0 unspecified atom stereocenters. The molecule has 0 amide bonds. The van der Waals surface area contributed by atoms with Gasteiger partial charge in [0.1, 0.15) is 40.5 Å². The number of nitriles is 1. The maximum atomic E-state index is 11.8. The van der Waals surface area contributed by atoms with Gasteiger partial charge < -0.3 is 62.2 Å². The van der Waals surface area contributed by atoms with Gasteiger partial charge in [-0.15, -0.1) is 11.3 Å². The van der Waals surface area contributed by atoms with Crippen molar-refractivity contribution in [2.45, 2.75) is 72.0 Å². The van der Waals surface area contributed by atoms with Crippen LogP contribution in [0.5, 0.6) is 23.0 Å². The summed E-state index contributed by atoms with van der Waals surface area (Å²) in [7, 11) is -4.39. The summed E-state index contributed by atoms with van der Waals surface area (Å²) in [6, 6.07) is 35.5. The number of benzene rings is 4. The number of aromatic amines is 1. The highest BCUT2D eigenvalue weighted by molar-refractivity contribution is 7.59. The van der Waals surface area contributed by atoms with Crippen molar-refractivity contribution in [3.63, 3.8) is 0 Å². The number of phenolic OH excluding ortho intramolecular Hbond substituents is 1. The second-order valence-corrected chi connectivity index (χ2v) is 19.8. The molecule has 8 aromatic rings. The van der Waals surface area contributed by atoms with E-state index in [0.717, 1.165) is 64.6 Å². The molecule has 0 radical (unpaired) electrons. The number of nitrogens with two attached hydrogens (primary N) is 1. The lowest BCUT2D eigenvalue weighted by Gasteiger charge is -2.24. The van der Waals surface area contributed by atoms with Crippen molar-refractivity contribution in [2.75, 3.05) is 12.3 Å². The lowest BCUT2D eigenvalue weighted by molar-refractivity contribution is -0.147. The molecule has 9 N–H and O–H groups in total. The third-order valence-corrected chi connectivity index (χ3v) is 13.5. The van der Waals surface area contributed by atoms with Crippen molar-refractivity contribution in [3.05, 3.63) is 166 Å². The lowest BCUT2D eigenvalue weighted by atomic mass is 9.93. The molecule has 0 aliphatic carbocycles. The number of fused-ring (bicyclic) bond motifs is 2. The maximum absolute atomic E-state index is 11.8. The van der Waals surface area contributed by atoms with Crippen molar-refractivity contribution < 1.29 is 53.5 Å². The monoisotopic (exact) mass is 1080 g/mol. The molecule has 394 valence electrons. The summed E-state index contributed by atoms with van der Waals surface area (Å²) in [5.74, 6) is 0.933. The topological polar surface area (TPSA) is 283 Å². The van der Waals surface area contributed by atoms with Crippen LogP contribution in [-0.4, -0.2) is 58.9 Å². The number of aliphatic carboxylic acids is 1. The molecule has 0 spiro atoms. The number of nitrogens with one attached hydrogen (secondary N) is 1. The Bertz CT molecular complexity index is 3360. The Morgan fingerprint density at radius 1 is 0.947 bits per heavy atom. The fourth-order valence-corrected chi connectivity index (χ4v) is 9.59. The quantitative estimate of drug-likeness (QED) is 0.0394. The SMILES string of the molecule is CC.CCCc1ccc(N)nc1-c1ccc(P(=O)(O)O)o1.C[C@@H](CC[C@H](O)c1cccc(Cl)c1)Cc1ccc2c(c1)OC[C@H](C(=O)O)O2.N#Cc1c(O)c2c(-c3ccc(-c4ccccc4O)cc3)csc2[nH]c1=O.[CH3-]. The summed E-state index contributed by atoms with van der Waals surface area (Å²) in [4.78, 5) is 48.2. The number of carbonyl (C=O) groups is 1. The van der Waals surface area contributed by atoms with E-state index in [2.05, 4.69) is 16.9 Å². The number of carboxylic acid groups (broad SMARTS) is 1. The number of ether oxygens (including phenoxy) is 2. The number of hydrogen-bond donors (Lipinski definition) is 8. The number of phenols is 1. The summed E-state index contributed by atoms with van der Waals surface area (Å²) in [6.45, 7) is 8.18. The van der Waals surface area contributed by atoms with Crippen LogP contribution in [0.1, 0.15) is 75.3 Å². The number of para-hydroxylation sites is 1. The van der Waals surface area contributed by atoms with Crippen molar-refractivity contribution in [1.82, 2.24) is 9.97 Å². The van der Waals surface area contributed by atoms with E-state index in [0.29, 0.717) is 56.3 Å². The Morgan fingerprint density at radius 2 is 1.65 bits per heavy atom. The maximum Gasteiger partial charge on any atom is 0.391 e. The number of furan rings is 1. The van der Waals surface area contributed by atoms with Gasteiger partial charge in [0.15, 0.2) is 22.8 Å². The second kappa shape index (κ2) is 26.7. The molecule has 4 aromatic heterocycles. The number of aryl methyl sites for hydroxylation is 1. The molecular weight excluding hydrogens is 1020 g/mol. The van der Waals surface area contributed by atoms with Gasteiger partial charge in [0.25, 0.3) is 5.56 Å². The first-order valence-electron chi connectivity index (χ1n) is 23.6. The van der Waals surface area contributed by atoms with Gasteiger partial charge in [0.05, 0.1) is 11.5 Å². The Morgan fingerprint density at radius 3 is 2.29 bits per heavy atom. The fourth-order valence-electron chi connectivity index (χ4n) is 7.94. The van der Waals surface area contributed by atoms with E-state index in [1.807, 2.05) is 92.9 Å². The predicted octanol–water partition coefficient (Wildman–Crippen LogP) is 11.6. The highest BCUT2D eigenvalue weighted by Crippen LogP contribution is 2.41. The number of nitrogen functional groups attached to an aromatic ring is 1. The lowest BCUT2D eigenvalue weighted by Crippen LogP contribution is -2.36. The minimum absolute atomic E-state index is 0. The van der Waals surface area contributed by atoms with Gasteiger partial charge in [0.2, 0.25) is 11.6 Å². The predicted molar refractivity (Wildman–Crippen MR) is 294 cm³/mol. The van der Waals surface area contributed by atoms with Gasteiger partial charge >= 0.3 is 13.6 Å². The summed E-state index contributed by atoms with van der Waals surface area (Å²) in [5, 5.41) is 51.7. The van der Waals surface area contributed by atoms with Gasteiger partial charge in [-0.25, -0.2) is 9.78 Å². The summed E-state index contributed by atoms with van der Waals surface area (Å²) in [5.41, 5.74) is 10.9. The molecule has 1 aliphatic heterocycles. The number of aromatic hydroxyl groups is 2. The Labute approximate surface area is 443 Å². The molecular formula is C56H59ClN4O12PS-. The number of anilines is 1. The third-order valence-electron chi connectivity index (χ3n) is 11.6. The Kier molecular flexibility index (Phi) is 20.8. The average Bonchev–Trinajstić information content (AvgIpc) is 4.07. The van der Waals surface area contributed by atoms with E-state index in [4.69, 9.17) is 51.4 Å². The van der Waals surface area contributed by atoms with Crippen molar-refractivity contribution in [1.29, 1.82) is 5.26 Å². The number of carboxylic acids is 1. The first-order valence-corrected chi connectivity index (χ1v) is 26.5. The number of aliphatic hydroxyl groups excluding tert-OH is 1. The van der Waals surface area contributed by atoms with Crippen LogP contribution in [0, 0.1) is 24.7 Å². The molecule has 0 saturated carbocycles. The van der Waals surface area contributed by atoms with Crippen LogP contribution in [0.4, 0.5) is 5.82 Å². The van der Waals surface area contributed by atoms with Crippen LogP contribution in [0.2, 0.25) is 5.02 Å². The first kappa shape index (κ1) is 58.5. The molecule has 75 heavy (non-hydrogen) atoms. The number of halogens is 1. The average molecular weight is 1080 g/mol. The number of hydrogen-bond acceptors (Lipinski definition) is 13. The van der Waals surface area contributed by atoms with Crippen LogP contribution in [-0.2, 0) is 22.2 Å². The number of aliphatic hydroxyl groups is 1. The van der Waals surface area contributed by atoms with E-state index in [9.17, 15) is 29.5 Å². The summed E-state index contributed by atoms with van der Waals surface area (Å²) < 4.78 is 27.3. The first-order chi connectivity index (χ1) is 35.4. The molecule has 4 aromatic carbocycles. The van der Waals surface area contributed by atoms with E-state index < -0.39 is 31.3 Å². The highest BCUT2D eigenvalue weighted by Gasteiger charge is 2.28. The molecule has 0 fully saturated rings. The number of thiophene rings is 1. The van der Waals surface area contributed by atoms with Gasteiger partial charge in [-0.05, 0) is 108 Å². The Hall–Kier alpha value is -7.42. The minimum atomic E-state index is -4.39. The van der Waals surface area contributed by atoms with E-state index >= 15 is 0 Å². The molecule has 0 bridgehead atoms. The number of H-pyrrole nitrogens is 1. The van der Waals surface area contributed by atoms with Gasteiger partial charge in [-0.1, -0.05) is 112 Å². The zero-order chi connectivity index (χ0) is 53.7. The van der Waals surface area contributed by atoms with Crippen LogP contribution in [0.25, 0.3) is 43.9 Å². The van der Waals surface area contributed by atoms with Gasteiger partial charge in [0, 0.05) is 21.5 Å². The van der Waals surface area contributed by atoms with Crippen LogP contribution in [0.15, 0.2) is 130 Å². The Balaban J connectivity index is 0.000000206. The standard InChI is InChI=1S/C21H23ClO5.C20H12N2O3S.C12H15N2O4P.C2H6.CH3/c1-13(5-7-17(23)15-3-2-4-16(22)11-15)9-14-6-8-18-19(10-14)26-12-20(27-18)21(24)25;21-9-14-18(24)17-15(10-26-20(17)22-19(14)25)12-7-5-11(6-8-12)13-3-1-2-4-16(13)23;1-2-3-8-4-6-10(13)14-12(8)9-5-7-11(18-9)19(15,16)17;1-2;/h2-4,6,8,10-11,13,17,20,23H,5,7,9,12H2,1H3,(H,24,25);1-8,10,23H,(H2,22,24,25);4-7H,2-3H2,1H3,(H2,13,14)(H2,15,16,17);1-2H3;1H3/q;;;;-1/t13-,17-,20+;;;;/m0..../s1. The van der Waals surface area contributed by atoms with Crippen LogP contribution >= 0.6 is 30.5 Å². The molecule has 5 heterocycles. The molecule has 16 nitrogen and oxygen atoms in total. The number of aromatic nitrogens is 2. The number of nitrogens with zero attached hydrogens (tertiary/aromatic N) is 2. The number of rotatable bonds is 13. The molecule has 0 saturated heterocycles. The van der Waals surface area contributed by atoms with Crippen molar-refractivity contribution in [2.24, 2.45) is 5.92 Å². The second-order valence-electron chi connectivity index (χ2n) is 16.9. The van der Waals surface area contributed by atoms with Gasteiger partial charge in [-0.2, -0.15) is 5.26 Å². The third kappa shape index (κ3) is 14.9.